The van der Waals surface area contributed by atoms with Gasteiger partial charge in [-0.1, -0.05) is 57.2 Å². The summed E-state index contributed by atoms with van der Waals surface area (Å²) in [6.07, 6.45) is 1.42. The van der Waals surface area contributed by atoms with Crippen LogP contribution in [0.25, 0.3) is 0 Å². The van der Waals surface area contributed by atoms with Crippen molar-refractivity contribution in [2.24, 2.45) is 5.92 Å². The van der Waals surface area contributed by atoms with Crippen LogP contribution in [0.1, 0.15) is 58.6 Å². The summed E-state index contributed by atoms with van der Waals surface area (Å²) in [5, 5.41) is 3.00. The van der Waals surface area contributed by atoms with Crippen molar-refractivity contribution in [2.75, 3.05) is 19.8 Å². The normalized spacial score (nSPS) is 11.7. The zero-order chi connectivity index (χ0) is 24.9. The number of carbonyl (C=O) groups excluding carboxylic acids is 2. The molecule has 0 unspecified atom stereocenters. The summed E-state index contributed by atoms with van der Waals surface area (Å²) >= 11 is 0. The van der Waals surface area contributed by atoms with E-state index in [0.29, 0.717) is 63.0 Å². The first-order valence-electron chi connectivity index (χ1n) is 12.4. The molecule has 34 heavy (non-hydrogen) atoms. The molecular weight excluding hydrogens is 428 g/mol. The molecule has 0 radical (unpaired) electrons. The lowest BCUT2D eigenvalue weighted by molar-refractivity contribution is -0.141. The van der Waals surface area contributed by atoms with Gasteiger partial charge in [0, 0.05) is 19.5 Å². The lowest BCUT2D eigenvalue weighted by atomic mass is 10.1. The summed E-state index contributed by atoms with van der Waals surface area (Å²) in [5.74, 6) is 1.61. The predicted octanol–water partition coefficient (Wildman–Crippen LogP) is 5.00. The maximum Gasteiger partial charge on any atom is 0.242 e. The van der Waals surface area contributed by atoms with Crippen molar-refractivity contribution in [1.82, 2.24) is 10.2 Å². The number of nitrogens with one attached hydrogen (secondary N) is 1. The van der Waals surface area contributed by atoms with Crippen molar-refractivity contribution in [2.45, 2.75) is 66.5 Å². The van der Waals surface area contributed by atoms with Crippen LogP contribution in [0.2, 0.25) is 0 Å². The van der Waals surface area contributed by atoms with Crippen molar-refractivity contribution >= 4 is 11.8 Å². The minimum atomic E-state index is -0.509. The van der Waals surface area contributed by atoms with Crippen LogP contribution >= 0.6 is 0 Å². The van der Waals surface area contributed by atoms with Crippen molar-refractivity contribution in [1.29, 1.82) is 0 Å². The van der Waals surface area contributed by atoms with Gasteiger partial charge in [-0.3, -0.25) is 9.59 Å². The van der Waals surface area contributed by atoms with Crippen LogP contribution in [-0.2, 0) is 22.6 Å². The Morgan fingerprint density at radius 2 is 1.59 bits per heavy atom. The van der Waals surface area contributed by atoms with Gasteiger partial charge in [0.1, 0.15) is 6.04 Å². The van der Waals surface area contributed by atoms with Crippen LogP contribution in [0, 0.1) is 5.92 Å². The van der Waals surface area contributed by atoms with Crippen molar-refractivity contribution in [3.63, 3.8) is 0 Å². The van der Waals surface area contributed by atoms with Gasteiger partial charge in [0.05, 0.1) is 13.2 Å². The van der Waals surface area contributed by atoms with E-state index in [9.17, 15) is 9.59 Å². The van der Waals surface area contributed by atoms with Gasteiger partial charge in [0.2, 0.25) is 11.8 Å². The average Bonchev–Trinajstić information content (AvgIpc) is 2.83. The molecule has 6 heteroatoms. The van der Waals surface area contributed by atoms with Gasteiger partial charge in [0.25, 0.3) is 0 Å². The Morgan fingerprint density at radius 3 is 2.21 bits per heavy atom. The third kappa shape index (κ3) is 8.40. The van der Waals surface area contributed by atoms with E-state index in [2.05, 4.69) is 19.2 Å². The molecule has 6 nitrogen and oxygen atoms in total. The molecule has 0 fully saturated rings. The van der Waals surface area contributed by atoms with E-state index in [-0.39, 0.29) is 11.8 Å². The largest absolute Gasteiger partial charge is 0.490 e. The zero-order valence-electron chi connectivity index (χ0n) is 21.3. The molecule has 0 aliphatic heterocycles. The van der Waals surface area contributed by atoms with Crippen molar-refractivity contribution < 1.29 is 19.1 Å². The Hall–Kier alpha value is -3.02. The Balaban J connectivity index is 2.18. The fourth-order valence-corrected chi connectivity index (χ4v) is 3.77. The standard InChI is InChI=1S/C28H40N2O4/c1-6-24(28(32)29-19-21(4)5)30(20-23-12-10-9-11-13-23)27(31)17-15-22-14-16-25(33-7-2)26(18-22)34-8-3/h9-14,16,18,21,24H,6-8,15,17,19-20H2,1-5H3,(H,29,32)/t24-/m1/s1. The third-order valence-corrected chi connectivity index (χ3v) is 5.50. The molecule has 0 spiro atoms. The van der Waals surface area contributed by atoms with Crippen LogP contribution < -0.4 is 14.8 Å². The number of rotatable bonds is 14. The summed E-state index contributed by atoms with van der Waals surface area (Å²) in [6.45, 7) is 12.0. The molecule has 0 heterocycles. The van der Waals surface area contributed by atoms with E-state index in [1.165, 1.54) is 0 Å². The van der Waals surface area contributed by atoms with E-state index in [0.717, 1.165) is 11.1 Å². The van der Waals surface area contributed by atoms with E-state index in [1.807, 2.05) is 69.3 Å². The first-order chi connectivity index (χ1) is 16.4. The topological polar surface area (TPSA) is 67.9 Å². The summed E-state index contributed by atoms with van der Waals surface area (Å²) in [4.78, 5) is 28.1. The van der Waals surface area contributed by atoms with Crippen molar-refractivity contribution in [3.05, 3.63) is 59.7 Å². The number of aryl methyl sites for hydroxylation is 1. The predicted molar refractivity (Wildman–Crippen MR) is 136 cm³/mol. The van der Waals surface area contributed by atoms with Gasteiger partial charge in [-0.15, -0.1) is 0 Å². The van der Waals surface area contributed by atoms with E-state index < -0.39 is 6.04 Å². The smallest absolute Gasteiger partial charge is 0.242 e. The number of hydrogen-bond acceptors (Lipinski definition) is 4. The minimum absolute atomic E-state index is 0.0396. The molecule has 1 atom stereocenters. The van der Waals surface area contributed by atoms with E-state index >= 15 is 0 Å². The second-order valence-corrected chi connectivity index (χ2v) is 8.72. The van der Waals surface area contributed by atoms with Gasteiger partial charge >= 0.3 is 0 Å². The number of amides is 2. The lowest BCUT2D eigenvalue weighted by Gasteiger charge is -2.31. The monoisotopic (exact) mass is 468 g/mol. The fourth-order valence-electron chi connectivity index (χ4n) is 3.77. The Morgan fingerprint density at radius 1 is 0.912 bits per heavy atom. The van der Waals surface area contributed by atoms with Crippen molar-refractivity contribution in [3.8, 4) is 11.5 Å². The number of carbonyl (C=O) groups is 2. The Bertz CT molecular complexity index is 899. The van der Waals surface area contributed by atoms with Crippen LogP contribution in [0.5, 0.6) is 11.5 Å². The molecule has 0 saturated heterocycles. The summed E-state index contributed by atoms with van der Waals surface area (Å²) < 4.78 is 11.4. The van der Waals surface area contributed by atoms with Crippen LogP contribution in [0.15, 0.2) is 48.5 Å². The highest BCUT2D eigenvalue weighted by atomic mass is 16.5. The highest BCUT2D eigenvalue weighted by molar-refractivity contribution is 5.87. The number of ether oxygens (including phenoxy) is 2. The number of benzene rings is 2. The van der Waals surface area contributed by atoms with Gasteiger partial charge in [-0.2, -0.15) is 0 Å². The molecule has 0 aliphatic carbocycles. The summed E-state index contributed by atoms with van der Waals surface area (Å²) in [5.41, 5.74) is 2.00. The lowest BCUT2D eigenvalue weighted by Crippen LogP contribution is -2.49. The van der Waals surface area contributed by atoms with Crippen LogP contribution in [0.3, 0.4) is 0 Å². The molecule has 0 aromatic heterocycles. The fraction of sp³-hybridized carbons (Fsp3) is 0.500. The highest BCUT2D eigenvalue weighted by Gasteiger charge is 2.28. The van der Waals surface area contributed by atoms with E-state index in [4.69, 9.17) is 9.47 Å². The molecule has 0 bridgehead atoms. The maximum absolute atomic E-state index is 13.4. The highest BCUT2D eigenvalue weighted by Crippen LogP contribution is 2.29. The first-order valence-corrected chi connectivity index (χ1v) is 12.4. The molecule has 186 valence electrons. The maximum atomic E-state index is 13.4. The molecule has 2 rings (SSSR count). The number of hydrogen-bond donors (Lipinski definition) is 1. The SMILES string of the molecule is CCOc1ccc(CCC(=O)N(Cc2ccccc2)[C@H](CC)C(=O)NCC(C)C)cc1OCC. The molecule has 1 N–H and O–H groups in total. The molecule has 0 saturated carbocycles. The first kappa shape index (κ1) is 27.2. The quantitative estimate of drug-likeness (QED) is 0.424. The van der Waals surface area contributed by atoms with Crippen LogP contribution in [0.4, 0.5) is 0 Å². The Kier molecular flexibility index (Phi) is 11.4. The third-order valence-electron chi connectivity index (χ3n) is 5.50. The number of nitrogens with zero attached hydrogens (tertiary/aromatic N) is 1. The second kappa shape index (κ2) is 14.3. The summed E-state index contributed by atoms with van der Waals surface area (Å²) in [6, 6.07) is 15.1. The molecule has 2 amide bonds. The van der Waals surface area contributed by atoms with Gasteiger partial charge in [0.15, 0.2) is 11.5 Å². The minimum Gasteiger partial charge on any atom is -0.490 e. The van der Waals surface area contributed by atoms with Gasteiger partial charge < -0.3 is 19.7 Å². The molecule has 2 aromatic carbocycles. The van der Waals surface area contributed by atoms with Crippen LogP contribution in [-0.4, -0.2) is 42.5 Å². The van der Waals surface area contributed by atoms with Gasteiger partial charge in [-0.25, -0.2) is 0 Å². The molecule has 0 aliphatic rings. The Labute approximate surface area is 204 Å². The van der Waals surface area contributed by atoms with E-state index in [1.54, 1.807) is 4.90 Å². The van der Waals surface area contributed by atoms with Gasteiger partial charge in [-0.05, 0) is 55.9 Å². The zero-order valence-corrected chi connectivity index (χ0v) is 21.3. The molecule has 2 aromatic rings. The second-order valence-electron chi connectivity index (χ2n) is 8.72. The molecular formula is C28H40N2O4. The summed E-state index contributed by atoms with van der Waals surface area (Å²) in [7, 11) is 0. The average molecular weight is 469 g/mol.